The molecule has 6 nitrogen and oxygen atoms in total. The molecule has 6 heteroatoms. The Morgan fingerprint density at radius 2 is 2.18 bits per heavy atom. The zero-order chi connectivity index (χ0) is 12.4. The summed E-state index contributed by atoms with van der Waals surface area (Å²) in [5.41, 5.74) is 1.09. The van der Waals surface area contributed by atoms with E-state index in [1.54, 1.807) is 18.2 Å². The Kier molecular flexibility index (Phi) is 2.70. The van der Waals surface area contributed by atoms with Crippen molar-refractivity contribution in [1.82, 2.24) is 10.6 Å². The van der Waals surface area contributed by atoms with Gasteiger partial charge in [-0.15, -0.1) is 0 Å². The molecule has 2 rings (SSSR count). The van der Waals surface area contributed by atoms with Crippen LogP contribution in [0.4, 0.5) is 4.79 Å². The lowest BCUT2D eigenvalue weighted by Crippen LogP contribution is -2.21. The molecule has 2 amide bonds. The third kappa shape index (κ3) is 2.20. The van der Waals surface area contributed by atoms with Gasteiger partial charge in [0.15, 0.2) is 17.3 Å². The van der Waals surface area contributed by atoms with Crippen LogP contribution in [-0.2, 0) is 0 Å². The van der Waals surface area contributed by atoms with Crippen LogP contribution in [0.2, 0.25) is 0 Å². The molecule has 17 heavy (non-hydrogen) atoms. The van der Waals surface area contributed by atoms with Crippen LogP contribution in [0, 0.1) is 5.41 Å². The molecule has 0 radical (unpaired) electrons. The van der Waals surface area contributed by atoms with Crippen molar-refractivity contribution in [3.63, 3.8) is 0 Å². The molecule has 1 aromatic carbocycles. The minimum absolute atomic E-state index is 0.0158. The molecule has 1 aliphatic rings. The van der Waals surface area contributed by atoms with Crippen LogP contribution in [0.3, 0.4) is 0 Å². The number of amides is 2. The van der Waals surface area contributed by atoms with Gasteiger partial charge >= 0.3 is 6.03 Å². The van der Waals surface area contributed by atoms with E-state index in [4.69, 9.17) is 10.1 Å². The first-order valence-electron chi connectivity index (χ1n) is 4.86. The maximum absolute atomic E-state index is 11.0. The number of phenolic OH excluding ortho intramolecular Hbond substituents is 1. The van der Waals surface area contributed by atoms with Crippen LogP contribution in [-0.4, -0.2) is 24.1 Å². The number of aromatic hydroxyl groups is 1. The van der Waals surface area contributed by atoms with E-state index in [0.717, 1.165) is 0 Å². The number of benzene rings is 1. The number of amidine groups is 1. The van der Waals surface area contributed by atoms with E-state index in [-0.39, 0.29) is 11.6 Å². The second-order valence-electron chi connectivity index (χ2n) is 3.44. The molecule has 0 spiro atoms. The van der Waals surface area contributed by atoms with E-state index in [9.17, 15) is 9.90 Å². The summed E-state index contributed by atoms with van der Waals surface area (Å²) in [5.74, 6) is 0.392. The van der Waals surface area contributed by atoms with E-state index < -0.39 is 6.03 Å². The van der Waals surface area contributed by atoms with Crippen LogP contribution >= 0.6 is 0 Å². The van der Waals surface area contributed by atoms with Crippen molar-refractivity contribution in [3.05, 3.63) is 29.5 Å². The van der Waals surface area contributed by atoms with Gasteiger partial charge in [0.2, 0.25) is 0 Å². The van der Waals surface area contributed by atoms with E-state index in [2.05, 4.69) is 10.6 Å². The number of carbonyl (C=O) groups is 1. The fourth-order valence-corrected chi connectivity index (χ4v) is 1.46. The maximum atomic E-state index is 11.0. The number of phenols is 1. The smallest absolute Gasteiger partial charge is 0.325 e. The Hall–Kier alpha value is -2.50. The van der Waals surface area contributed by atoms with Gasteiger partial charge in [0.25, 0.3) is 0 Å². The maximum Gasteiger partial charge on any atom is 0.325 e. The Morgan fingerprint density at radius 1 is 1.41 bits per heavy atom. The summed E-state index contributed by atoms with van der Waals surface area (Å²) in [4.78, 5) is 11.0. The van der Waals surface area contributed by atoms with Crippen LogP contribution in [0.25, 0.3) is 6.08 Å². The molecule has 1 fully saturated rings. The van der Waals surface area contributed by atoms with Gasteiger partial charge in [-0.3, -0.25) is 10.7 Å². The second kappa shape index (κ2) is 4.17. The molecule has 0 aliphatic carbocycles. The Bertz CT molecular complexity index is 523. The highest BCUT2D eigenvalue weighted by atomic mass is 16.5. The third-order valence-electron chi connectivity index (χ3n) is 2.27. The zero-order valence-electron chi connectivity index (χ0n) is 9.07. The van der Waals surface area contributed by atoms with E-state index in [0.29, 0.717) is 17.0 Å². The highest BCUT2D eigenvalue weighted by molar-refractivity contribution is 6.15. The van der Waals surface area contributed by atoms with Crippen LogP contribution < -0.4 is 15.4 Å². The molecule has 0 saturated carbocycles. The summed E-state index contributed by atoms with van der Waals surface area (Å²) in [7, 11) is 1.45. The lowest BCUT2D eigenvalue weighted by atomic mass is 10.1. The van der Waals surface area contributed by atoms with Crippen LogP contribution in [0.1, 0.15) is 5.56 Å². The lowest BCUT2D eigenvalue weighted by molar-refractivity contribution is 0.250. The van der Waals surface area contributed by atoms with Gasteiger partial charge in [0, 0.05) is 0 Å². The minimum atomic E-state index is -0.424. The summed E-state index contributed by atoms with van der Waals surface area (Å²) >= 11 is 0. The summed E-state index contributed by atoms with van der Waals surface area (Å²) < 4.78 is 4.96. The fraction of sp³-hybridized carbons (Fsp3) is 0.0909. The molecule has 0 atom stereocenters. The zero-order valence-corrected chi connectivity index (χ0v) is 9.07. The minimum Gasteiger partial charge on any atom is -0.504 e. The van der Waals surface area contributed by atoms with Crippen molar-refractivity contribution < 1.29 is 14.6 Å². The molecule has 1 heterocycles. The van der Waals surface area contributed by atoms with Gasteiger partial charge < -0.3 is 15.2 Å². The Balaban J connectivity index is 2.33. The quantitative estimate of drug-likeness (QED) is 0.614. The van der Waals surface area contributed by atoms with E-state index >= 15 is 0 Å². The molecular formula is C11H11N3O3. The molecular weight excluding hydrogens is 222 g/mol. The van der Waals surface area contributed by atoms with Crippen molar-refractivity contribution in [3.8, 4) is 11.5 Å². The van der Waals surface area contributed by atoms with E-state index in [1.165, 1.54) is 13.2 Å². The van der Waals surface area contributed by atoms with Gasteiger partial charge in [-0.25, -0.2) is 4.79 Å². The molecule has 0 bridgehead atoms. The average molecular weight is 233 g/mol. The number of urea groups is 1. The van der Waals surface area contributed by atoms with Gasteiger partial charge in [0.05, 0.1) is 12.8 Å². The first-order valence-corrected chi connectivity index (χ1v) is 4.86. The highest BCUT2D eigenvalue weighted by Crippen LogP contribution is 2.27. The third-order valence-corrected chi connectivity index (χ3v) is 2.27. The van der Waals surface area contributed by atoms with Gasteiger partial charge in [-0.05, 0) is 23.8 Å². The first kappa shape index (κ1) is 11.0. The summed E-state index contributed by atoms with van der Waals surface area (Å²) in [6.45, 7) is 0. The highest BCUT2D eigenvalue weighted by Gasteiger charge is 2.19. The fourth-order valence-electron chi connectivity index (χ4n) is 1.46. The molecule has 88 valence electrons. The predicted molar refractivity (Wildman–Crippen MR) is 62.0 cm³/mol. The monoisotopic (exact) mass is 233 g/mol. The standard InChI is InChI=1S/C11H11N3O3/c1-17-9-5-6(2-3-8(9)15)4-7-10(12)14-11(16)13-7/h2-5,15H,1H3,(H3,12,13,14,16)/b7-4-. The van der Waals surface area contributed by atoms with Crippen molar-refractivity contribution in [1.29, 1.82) is 5.41 Å². The lowest BCUT2D eigenvalue weighted by Gasteiger charge is -2.04. The summed E-state index contributed by atoms with van der Waals surface area (Å²) in [6, 6.07) is 4.33. The molecule has 1 saturated heterocycles. The number of rotatable bonds is 2. The molecule has 0 aromatic heterocycles. The number of hydrogen-bond donors (Lipinski definition) is 4. The summed E-state index contributed by atoms with van der Waals surface area (Å²) in [6.07, 6.45) is 1.61. The van der Waals surface area contributed by atoms with Crippen LogP contribution in [0.5, 0.6) is 11.5 Å². The van der Waals surface area contributed by atoms with Gasteiger partial charge in [-0.2, -0.15) is 0 Å². The van der Waals surface area contributed by atoms with Gasteiger partial charge in [-0.1, -0.05) is 6.07 Å². The number of methoxy groups -OCH3 is 1. The van der Waals surface area contributed by atoms with Gasteiger partial charge in [0.1, 0.15) is 0 Å². The molecule has 4 N–H and O–H groups in total. The number of nitrogens with one attached hydrogen (secondary N) is 3. The number of carbonyl (C=O) groups excluding carboxylic acids is 1. The van der Waals surface area contributed by atoms with Crippen molar-refractivity contribution in [2.75, 3.05) is 7.11 Å². The molecule has 1 aromatic rings. The normalized spacial score (nSPS) is 16.9. The van der Waals surface area contributed by atoms with E-state index in [1.807, 2.05) is 0 Å². The van der Waals surface area contributed by atoms with Crippen molar-refractivity contribution in [2.45, 2.75) is 0 Å². The number of ether oxygens (including phenoxy) is 1. The topological polar surface area (TPSA) is 94.4 Å². The first-order chi connectivity index (χ1) is 8.10. The number of hydrogen-bond acceptors (Lipinski definition) is 4. The van der Waals surface area contributed by atoms with Crippen molar-refractivity contribution in [2.24, 2.45) is 0 Å². The predicted octanol–water partition coefficient (Wildman–Crippen LogP) is 1.03. The Morgan fingerprint density at radius 3 is 2.76 bits per heavy atom. The molecule has 1 aliphatic heterocycles. The average Bonchev–Trinajstić information content (AvgIpc) is 2.60. The van der Waals surface area contributed by atoms with Crippen LogP contribution in [0.15, 0.2) is 23.9 Å². The molecule has 0 unspecified atom stereocenters. The second-order valence-corrected chi connectivity index (χ2v) is 3.44. The Labute approximate surface area is 97.4 Å². The largest absolute Gasteiger partial charge is 0.504 e. The van der Waals surface area contributed by atoms with Crippen molar-refractivity contribution >= 4 is 17.9 Å². The SMILES string of the molecule is COc1cc(/C=C2\NC(=O)NC2=N)ccc1O. The summed E-state index contributed by atoms with van der Waals surface area (Å²) in [5, 5.41) is 21.7.